The molecule has 4 rings (SSSR count). The van der Waals surface area contributed by atoms with Gasteiger partial charge in [0.2, 0.25) is 0 Å². The molecular weight excluding hydrogens is 272 g/mol. The van der Waals surface area contributed by atoms with Crippen LogP contribution in [0.2, 0.25) is 0 Å². The minimum atomic E-state index is -0.169. The summed E-state index contributed by atoms with van der Waals surface area (Å²) in [6.45, 7) is 0. The number of benzene rings is 2. The lowest BCUT2D eigenvalue weighted by Crippen LogP contribution is -2.55. The van der Waals surface area contributed by atoms with E-state index in [1.165, 1.54) is 0 Å². The number of aromatic nitrogens is 1. The molecule has 1 aliphatic heterocycles. The van der Waals surface area contributed by atoms with Crippen molar-refractivity contribution in [2.24, 2.45) is 0 Å². The van der Waals surface area contributed by atoms with Crippen molar-refractivity contribution in [1.82, 2.24) is 4.57 Å². The van der Waals surface area contributed by atoms with Crippen LogP contribution >= 0.6 is 0 Å². The Morgan fingerprint density at radius 3 is 1.91 bits per heavy atom. The highest BCUT2D eigenvalue weighted by Gasteiger charge is 2.49. The average molecular weight is 288 g/mol. The molecule has 108 valence electrons. The lowest BCUT2D eigenvalue weighted by Gasteiger charge is -2.47. The highest BCUT2D eigenvalue weighted by atomic mass is 16.2. The summed E-state index contributed by atoms with van der Waals surface area (Å²) in [5.74, 6) is 0.135. The number of carbonyl (C=O) groups is 1. The molecule has 0 radical (unpaired) electrons. The molecule has 1 aliphatic rings. The number of nitrogens with zero attached hydrogens (tertiary/aromatic N) is 2. The number of amides is 1. The Labute approximate surface area is 129 Å². The maximum Gasteiger partial charge on any atom is 0.253 e. The molecule has 0 spiro atoms. The van der Waals surface area contributed by atoms with Crippen LogP contribution in [-0.2, 0) is 4.79 Å². The number of rotatable bonds is 3. The highest BCUT2D eigenvalue weighted by Crippen LogP contribution is 2.46. The van der Waals surface area contributed by atoms with Crippen LogP contribution in [-0.4, -0.2) is 10.5 Å². The van der Waals surface area contributed by atoms with Crippen molar-refractivity contribution in [3.8, 4) is 0 Å². The molecule has 1 amide bonds. The van der Waals surface area contributed by atoms with Crippen LogP contribution in [0, 0.1) is 0 Å². The van der Waals surface area contributed by atoms with Crippen LogP contribution in [0.4, 0.5) is 5.69 Å². The first-order valence-corrected chi connectivity index (χ1v) is 7.42. The molecular formula is C19H16N2O. The van der Waals surface area contributed by atoms with Gasteiger partial charge in [-0.3, -0.25) is 4.79 Å². The van der Waals surface area contributed by atoms with E-state index in [-0.39, 0.29) is 18.0 Å². The Morgan fingerprint density at radius 1 is 0.682 bits per heavy atom. The zero-order chi connectivity index (χ0) is 14.9. The molecule has 0 unspecified atom stereocenters. The van der Waals surface area contributed by atoms with E-state index in [2.05, 4.69) is 12.1 Å². The standard InChI is InChI=1S/C19H16N2O/c22-19-18(20-13-7-8-14-20)17(15-9-3-1-4-10-15)21(19)16-11-5-2-6-12-16/h1-14,17-18H/t17-,18-/m1/s1. The fourth-order valence-corrected chi connectivity index (χ4v) is 3.16. The van der Waals surface area contributed by atoms with Crippen molar-refractivity contribution in [3.05, 3.63) is 90.8 Å². The molecule has 1 fully saturated rings. The lowest BCUT2D eigenvalue weighted by atomic mass is 9.87. The molecule has 0 N–H and O–H groups in total. The van der Waals surface area contributed by atoms with Crippen molar-refractivity contribution >= 4 is 11.6 Å². The SMILES string of the molecule is O=C1[C@H](n2cccc2)[C@@H](c2ccccc2)N1c1ccccc1. The monoisotopic (exact) mass is 288 g/mol. The number of hydrogen-bond donors (Lipinski definition) is 0. The van der Waals surface area contributed by atoms with Crippen molar-refractivity contribution in [2.75, 3.05) is 4.90 Å². The Balaban J connectivity index is 1.78. The number of carbonyl (C=O) groups excluding carboxylic acids is 1. The second-order valence-electron chi connectivity index (χ2n) is 5.47. The van der Waals surface area contributed by atoms with E-state index in [0.29, 0.717) is 0 Å². The van der Waals surface area contributed by atoms with Gasteiger partial charge in [0.1, 0.15) is 6.04 Å². The molecule has 1 aromatic heterocycles. The van der Waals surface area contributed by atoms with E-state index in [1.54, 1.807) is 0 Å². The van der Waals surface area contributed by atoms with Crippen molar-refractivity contribution in [3.63, 3.8) is 0 Å². The lowest BCUT2D eigenvalue weighted by molar-refractivity contribution is -0.129. The molecule has 0 aliphatic carbocycles. The van der Waals surface area contributed by atoms with Crippen molar-refractivity contribution < 1.29 is 4.79 Å². The first kappa shape index (κ1) is 12.9. The Hall–Kier alpha value is -2.81. The van der Waals surface area contributed by atoms with Gasteiger partial charge < -0.3 is 9.47 Å². The maximum atomic E-state index is 12.7. The average Bonchev–Trinajstić information content (AvgIpc) is 3.08. The van der Waals surface area contributed by atoms with Crippen LogP contribution in [0.25, 0.3) is 0 Å². The van der Waals surface area contributed by atoms with Crippen LogP contribution in [0.1, 0.15) is 17.6 Å². The minimum Gasteiger partial charge on any atom is -0.340 e. The first-order chi connectivity index (χ1) is 10.9. The van der Waals surface area contributed by atoms with Gasteiger partial charge in [0.05, 0.1) is 6.04 Å². The van der Waals surface area contributed by atoms with Gasteiger partial charge in [0.25, 0.3) is 5.91 Å². The third-order valence-corrected chi connectivity index (χ3v) is 4.19. The van der Waals surface area contributed by atoms with Crippen LogP contribution in [0.3, 0.4) is 0 Å². The summed E-state index contributed by atoms with van der Waals surface area (Å²) in [6, 6.07) is 23.9. The quantitative estimate of drug-likeness (QED) is 0.673. The molecule has 2 atom stereocenters. The van der Waals surface area contributed by atoms with Gasteiger partial charge in [-0.2, -0.15) is 0 Å². The van der Waals surface area contributed by atoms with Gasteiger partial charge in [-0.05, 0) is 29.8 Å². The summed E-state index contributed by atoms with van der Waals surface area (Å²) in [5.41, 5.74) is 2.11. The van der Waals surface area contributed by atoms with Crippen molar-refractivity contribution in [2.45, 2.75) is 12.1 Å². The normalized spacial score (nSPS) is 20.7. The number of β-lactam (4-membered cyclic amide) rings is 1. The molecule has 0 saturated carbocycles. The van der Waals surface area contributed by atoms with Crippen molar-refractivity contribution in [1.29, 1.82) is 0 Å². The number of para-hydroxylation sites is 1. The van der Waals surface area contributed by atoms with Gasteiger partial charge in [0, 0.05) is 18.1 Å². The second kappa shape index (κ2) is 5.19. The smallest absolute Gasteiger partial charge is 0.253 e. The highest BCUT2D eigenvalue weighted by molar-refractivity contribution is 6.04. The summed E-state index contributed by atoms with van der Waals surface area (Å²) in [6.07, 6.45) is 3.92. The molecule has 3 aromatic rings. The zero-order valence-corrected chi connectivity index (χ0v) is 12.0. The maximum absolute atomic E-state index is 12.7. The largest absolute Gasteiger partial charge is 0.340 e. The third kappa shape index (κ3) is 1.94. The van der Waals surface area contributed by atoms with Gasteiger partial charge >= 0.3 is 0 Å². The van der Waals surface area contributed by atoms with E-state index >= 15 is 0 Å². The Morgan fingerprint density at radius 2 is 1.27 bits per heavy atom. The summed E-state index contributed by atoms with van der Waals surface area (Å²) in [7, 11) is 0. The third-order valence-electron chi connectivity index (χ3n) is 4.19. The van der Waals surface area contributed by atoms with E-state index in [4.69, 9.17) is 0 Å². The van der Waals surface area contributed by atoms with E-state index in [1.807, 2.05) is 82.5 Å². The minimum absolute atomic E-state index is 0.0310. The number of anilines is 1. The molecule has 3 nitrogen and oxygen atoms in total. The fraction of sp³-hybridized carbons (Fsp3) is 0.105. The second-order valence-corrected chi connectivity index (χ2v) is 5.47. The van der Waals surface area contributed by atoms with Gasteiger partial charge in [-0.1, -0.05) is 48.5 Å². The molecule has 22 heavy (non-hydrogen) atoms. The van der Waals surface area contributed by atoms with E-state index in [9.17, 15) is 4.79 Å². The van der Waals surface area contributed by atoms with E-state index in [0.717, 1.165) is 11.3 Å². The zero-order valence-electron chi connectivity index (χ0n) is 12.0. The Bertz CT molecular complexity index is 766. The molecule has 0 bridgehead atoms. The topological polar surface area (TPSA) is 25.2 Å². The van der Waals surface area contributed by atoms with Gasteiger partial charge in [0.15, 0.2) is 0 Å². The van der Waals surface area contributed by atoms with E-state index < -0.39 is 0 Å². The summed E-state index contributed by atoms with van der Waals surface area (Å²) < 4.78 is 2.00. The first-order valence-electron chi connectivity index (χ1n) is 7.42. The van der Waals surface area contributed by atoms with Crippen LogP contribution in [0.5, 0.6) is 0 Å². The predicted octanol–water partition coefficient (Wildman–Crippen LogP) is 3.82. The molecule has 2 heterocycles. The molecule has 3 heteroatoms. The molecule has 2 aromatic carbocycles. The van der Waals surface area contributed by atoms with Crippen LogP contribution in [0.15, 0.2) is 85.2 Å². The molecule has 1 saturated heterocycles. The predicted molar refractivity (Wildman–Crippen MR) is 86.6 cm³/mol. The summed E-state index contributed by atoms with van der Waals surface area (Å²) in [5, 5.41) is 0. The van der Waals surface area contributed by atoms with Gasteiger partial charge in [-0.15, -0.1) is 0 Å². The number of hydrogen-bond acceptors (Lipinski definition) is 1. The Kier molecular flexibility index (Phi) is 3.04. The fourth-order valence-electron chi connectivity index (χ4n) is 3.16. The van der Waals surface area contributed by atoms with Gasteiger partial charge in [-0.25, -0.2) is 0 Å². The summed E-state index contributed by atoms with van der Waals surface area (Å²) in [4.78, 5) is 14.6. The van der Waals surface area contributed by atoms with Crippen LogP contribution < -0.4 is 4.90 Å². The summed E-state index contributed by atoms with van der Waals surface area (Å²) >= 11 is 0.